The van der Waals surface area contributed by atoms with Crippen molar-refractivity contribution in [2.75, 3.05) is 56.7 Å². The largest absolute Gasteiger partial charge is 0.496 e. The summed E-state index contributed by atoms with van der Waals surface area (Å²) < 4.78 is 10.4. The van der Waals surface area contributed by atoms with Crippen molar-refractivity contribution in [2.45, 2.75) is 13.3 Å². The van der Waals surface area contributed by atoms with Crippen LogP contribution in [-0.4, -0.2) is 67.4 Å². The number of nitrogens with zero attached hydrogens (tertiary/aromatic N) is 4. The number of rotatable bonds is 7. The highest BCUT2D eigenvalue weighted by Gasteiger charge is 2.23. The topological polar surface area (TPSA) is 79.8 Å². The first-order valence-electron chi connectivity index (χ1n) is 9.56. The second kappa shape index (κ2) is 9.77. The predicted octanol–water partition coefficient (Wildman–Crippen LogP) is 2.42. The molecule has 1 saturated heterocycles. The van der Waals surface area contributed by atoms with E-state index in [1.165, 1.54) is 0 Å². The predicted molar refractivity (Wildman–Crippen MR) is 108 cm³/mol. The van der Waals surface area contributed by atoms with Gasteiger partial charge in [-0.05, 0) is 31.0 Å². The van der Waals surface area contributed by atoms with Crippen molar-refractivity contribution in [3.63, 3.8) is 0 Å². The molecule has 0 atom stereocenters. The summed E-state index contributed by atoms with van der Waals surface area (Å²) in [7, 11) is 1.69. The van der Waals surface area contributed by atoms with Gasteiger partial charge in [-0.3, -0.25) is 0 Å². The molecule has 1 N–H and O–H groups in total. The van der Waals surface area contributed by atoms with Crippen molar-refractivity contribution in [1.82, 2.24) is 14.9 Å². The van der Waals surface area contributed by atoms with Crippen molar-refractivity contribution >= 4 is 17.9 Å². The van der Waals surface area contributed by atoms with Gasteiger partial charge in [0.05, 0.1) is 13.7 Å². The number of methoxy groups -OCH3 is 1. The third-order valence-corrected chi connectivity index (χ3v) is 4.62. The summed E-state index contributed by atoms with van der Waals surface area (Å²) in [6.45, 7) is 5.53. The van der Waals surface area contributed by atoms with E-state index in [9.17, 15) is 4.79 Å². The number of aromatic nitrogens is 2. The molecule has 0 saturated carbocycles. The summed E-state index contributed by atoms with van der Waals surface area (Å²) in [4.78, 5) is 24.6. The highest BCUT2D eigenvalue weighted by Crippen LogP contribution is 2.18. The van der Waals surface area contributed by atoms with E-state index in [2.05, 4.69) is 26.3 Å². The Labute approximate surface area is 165 Å². The van der Waals surface area contributed by atoms with Crippen LogP contribution in [0.1, 0.15) is 12.5 Å². The summed E-state index contributed by atoms with van der Waals surface area (Å²) in [6, 6.07) is 9.87. The van der Waals surface area contributed by atoms with Crippen LogP contribution in [0.4, 0.5) is 16.6 Å². The molecule has 2 aromatic rings. The molecule has 0 spiro atoms. The summed E-state index contributed by atoms with van der Waals surface area (Å²) >= 11 is 0. The maximum atomic E-state index is 11.8. The molecule has 1 aliphatic rings. The van der Waals surface area contributed by atoms with Crippen molar-refractivity contribution in [1.29, 1.82) is 0 Å². The van der Waals surface area contributed by atoms with E-state index in [0.29, 0.717) is 38.7 Å². The Morgan fingerprint density at radius 1 is 1.18 bits per heavy atom. The normalized spacial score (nSPS) is 13.9. The molecule has 1 amide bonds. The minimum atomic E-state index is -0.255. The first kappa shape index (κ1) is 19.7. The molecule has 150 valence electrons. The molecule has 2 heterocycles. The quantitative estimate of drug-likeness (QED) is 0.784. The second-order valence-electron chi connectivity index (χ2n) is 6.40. The van der Waals surface area contributed by atoms with Crippen LogP contribution >= 0.6 is 0 Å². The monoisotopic (exact) mass is 385 g/mol. The number of benzene rings is 1. The lowest BCUT2D eigenvalue weighted by atomic mass is 10.1. The van der Waals surface area contributed by atoms with Gasteiger partial charge in [0, 0.05) is 38.9 Å². The Morgan fingerprint density at radius 2 is 1.96 bits per heavy atom. The number of hydrogen-bond donors (Lipinski definition) is 1. The highest BCUT2D eigenvalue weighted by molar-refractivity contribution is 5.68. The summed E-state index contributed by atoms with van der Waals surface area (Å²) in [5.74, 6) is 2.35. The number of nitrogens with one attached hydrogen (secondary N) is 1. The van der Waals surface area contributed by atoms with Gasteiger partial charge in [-0.25, -0.2) is 9.78 Å². The molecular formula is C20H27N5O3. The number of ether oxygens (including phenoxy) is 2. The van der Waals surface area contributed by atoms with E-state index in [-0.39, 0.29) is 6.09 Å². The van der Waals surface area contributed by atoms with Gasteiger partial charge in [-0.15, -0.1) is 0 Å². The van der Waals surface area contributed by atoms with E-state index in [1.54, 1.807) is 18.2 Å². The van der Waals surface area contributed by atoms with Crippen LogP contribution in [0.15, 0.2) is 36.5 Å². The van der Waals surface area contributed by atoms with Crippen LogP contribution in [0, 0.1) is 0 Å². The first-order chi connectivity index (χ1) is 13.7. The van der Waals surface area contributed by atoms with Gasteiger partial charge in [-0.1, -0.05) is 18.2 Å². The molecule has 0 bridgehead atoms. The standard InChI is InChI=1S/C20H27N5O3/c1-3-28-20(26)25-14-12-24(13-15-25)19-22-11-9-18(23-19)21-10-8-16-6-4-5-7-17(16)27-2/h4-7,9,11H,3,8,10,12-15H2,1-2H3,(H,21,22,23). The van der Waals surface area contributed by atoms with Crippen LogP contribution in [0.5, 0.6) is 5.75 Å². The molecule has 0 radical (unpaired) electrons. The zero-order chi connectivity index (χ0) is 19.8. The van der Waals surface area contributed by atoms with Crippen molar-refractivity contribution < 1.29 is 14.3 Å². The summed E-state index contributed by atoms with van der Waals surface area (Å²) in [5, 5.41) is 3.35. The number of carbonyl (C=O) groups is 1. The Balaban J connectivity index is 1.52. The lowest BCUT2D eigenvalue weighted by Gasteiger charge is -2.34. The van der Waals surface area contributed by atoms with Gasteiger partial charge >= 0.3 is 6.09 Å². The molecule has 8 heteroatoms. The molecule has 1 aliphatic heterocycles. The van der Waals surface area contributed by atoms with Crippen LogP contribution in [0.3, 0.4) is 0 Å². The number of anilines is 2. The number of carbonyl (C=O) groups excluding carboxylic acids is 1. The molecule has 1 fully saturated rings. The fraction of sp³-hybridized carbons (Fsp3) is 0.450. The van der Waals surface area contributed by atoms with Gasteiger partial charge in [0.25, 0.3) is 0 Å². The molecule has 0 unspecified atom stereocenters. The van der Waals surface area contributed by atoms with Crippen molar-refractivity contribution in [3.05, 3.63) is 42.1 Å². The SMILES string of the molecule is CCOC(=O)N1CCN(c2nccc(NCCc3ccccc3OC)n2)CC1. The van der Waals surface area contributed by atoms with Gasteiger partial charge in [-0.2, -0.15) is 4.98 Å². The Kier molecular flexibility index (Phi) is 6.89. The van der Waals surface area contributed by atoms with Gasteiger partial charge in [0.2, 0.25) is 5.95 Å². The third kappa shape index (κ3) is 5.03. The molecule has 1 aromatic carbocycles. The number of amides is 1. The number of hydrogen-bond acceptors (Lipinski definition) is 7. The van der Waals surface area contributed by atoms with Crippen molar-refractivity contribution in [2.24, 2.45) is 0 Å². The van der Waals surface area contributed by atoms with Crippen LogP contribution < -0.4 is 15.0 Å². The smallest absolute Gasteiger partial charge is 0.409 e. The molecule has 3 rings (SSSR count). The Morgan fingerprint density at radius 3 is 2.71 bits per heavy atom. The van der Waals surface area contributed by atoms with E-state index in [0.717, 1.165) is 30.1 Å². The number of piperazine rings is 1. The molecule has 1 aromatic heterocycles. The van der Waals surface area contributed by atoms with Crippen LogP contribution in [-0.2, 0) is 11.2 Å². The van der Waals surface area contributed by atoms with E-state index in [1.807, 2.05) is 31.2 Å². The van der Waals surface area contributed by atoms with Crippen LogP contribution in [0.25, 0.3) is 0 Å². The maximum Gasteiger partial charge on any atom is 0.409 e. The van der Waals surface area contributed by atoms with E-state index < -0.39 is 0 Å². The third-order valence-electron chi connectivity index (χ3n) is 4.62. The lowest BCUT2D eigenvalue weighted by molar-refractivity contribution is 0.105. The van der Waals surface area contributed by atoms with Gasteiger partial charge in [0.1, 0.15) is 11.6 Å². The zero-order valence-electron chi connectivity index (χ0n) is 16.4. The maximum absolute atomic E-state index is 11.8. The fourth-order valence-electron chi connectivity index (χ4n) is 3.14. The highest BCUT2D eigenvalue weighted by atomic mass is 16.6. The average molecular weight is 385 g/mol. The zero-order valence-corrected chi connectivity index (χ0v) is 16.4. The Bertz CT molecular complexity index is 778. The lowest BCUT2D eigenvalue weighted by Crippen LogP contribution is -2.49. The Hall–Kier alpha value is -3.03. The first-order valence-corrected chi connectivity index (χ1v) is 9.56. The number of para-hydroxylation sites is 1. The average Bonchev–Trinajstić information content (AvgIpc) is 2.74. The molecular weight excluding hydrogens is 358 g/mol. The van der Waals surface area contributed by atoms with Crippen LogP contribution in [0.2, 0.25) is 0 Å². The molecule has 8 nitrogen and oxygen atoms in total. The summed E-state index contributed by atoms with van der Waals surface area (Å²) in [6.07, 6.45) is 2.34. The second-order valence-corrected chi connectivity index (χ2v) is 6.40. The fourth-order valence-corrected chi connectivity index (χ4v) is 3.14. The molecule has 0 aliphatic carbocycles. The van der Waals surface area contributed by atoms with Crippen molar-refractivity contribution in [3.8, 4) is 5.75 Å². The minimum Gasteiger partial charge on any atom is -0.496 e. The van der Waals surface area contributed by atoms with Gasteiger partial charge in [0.15, 0.2) is 0 Å². The molecule has 28 heavy (non-hydrogen) atoms. The summed E-state index contributed by atoms with van der Waals surface area (Å²) in [5.41, 5.74) is 1.15. The van der Waals surface area contributed by atoms with E-state index >= 15 is 0 Å². The van der Waals surface area contributed by atoms with Gasteiger partial charge < -0.3 is 24.6 Å². The minimum absolute atomic E-state index is 0.255. The van der Waals surface area contributed by atoms with E-state index in [4.69, 9.17) is 9.47 Å².